The van der Waals surface area contributed by atoms with Crippen molar-refractivity contribution in [2.45, 2.75) is 32.5 Å². The maximum Gasteiger partial charge on any atom is 0.189 e. The van der Waals surface area contributed by atoms with Crippen LogP contribution in [0, 0.1) is 0 Å². The molecular weight excluding hydrogens is 266 g/mol. The van der Waals surface area contributed by atoms with Gasteiger partial charge in [0.15, 0.2) is 6.79 Å². The van der Waals surface area contributed by atoms with Crippen LogP contribution in [-0.2, 0) is 17.9 Å². The smallest absolute Gasteiger partial charge is 0.189 e. The van der Waals surface area contributed by atoms with Crippen LogP contribution in [0.2, 0.25) is 0 Å². The van der Waals surface area contributed by atoms with Gasteiger partial charge in [0.2, 0.25) is 0 Å². The number of nitrogen functional groups attached to an aromatic ring is 1. The van der Waals surface area contributed by atoms with Crippen molar-refractivity contribution in [2.24, 2.45) is 0 Å². The minimum absolute atomic E-state index is 0.197. The van der Waals surface area contributed by atoms with Crippen LogP contribution < -0.4 is 10.5 Å². The topological polar surface area (TPSA) is 51.0 Å². The van der Waals surface area contributed by atoms with Gasteiger partial charge in [-0.2, -0.15) is 0 Å². The first-order chi connectivity index (χ1) is 9.95. The number of anilines is 1. The van der Waals surface area contributed by atoms with Crippen LogP contribution in [0.1, 0.15) is 25.0 Å². The molecule has 0 aromatic heterocycles. The van der Waals surface area contributed by atoms with Crippen molar-refractivity contribution in [3.63, 3.8) is 0 Å². The zero-order valence-corrected chi connectivity index (χ0v) is 13.2. The van der Waals surface area contributed by atoms with E-state index in [2.05, 4.69) is 30.7 Å². The highest BCUT2D eigenvalue weighted by atomic mass is 16.7. The summed E-state index contributed by atoms with van der Waals surface area (Å²) in [4.78, 5) is 4.90. The number of piperazine rings is 1. The van der Waals surface area contributed by atoms with Crippen molar-refractivity contribution < 1.29 is 9.47 Å². The Balaban J connectivity index is 1.80. The van der Waals surface area contributed by atoms with Gasteiger partial charge in [0.25, 0.3) is 0 Å². The highest BCUT2D eigenvalue weighted by Crippen LogP contribution is 2.32. The predicted octanol–water partition coefficient (Wildman–Crippen LogP) is 1.66. The van der Waals surface area contributed by atoms with Crippen LogP contribution in [-0.4, -0.2) is 48.8 Å². The summed E-state index contributed by atoms with van der Waals surface area (Å²) in [7, 11) is 2.19. The van der Waals surface area contributed by atoms with Crippen molar-refractivity contribution >= 4 is 5.69 Å². The van der Waals surface area contributed by atoms with Gasteiger partial charge in [-0.1, -0.05) is 0 Å². The minimum atomic E-state index is 0.197. The molecule has 1 aromatic rings. The molecule has 0 unspecified atom stereocenters. The Morgan fingerprint density at radius 3 is 2.86 bits per heavy atom. The van der Waals surface area contributed by atoms with Crippen LogP contribution in [0.15, 0.2) is 12.1 Å². The Morgan fingerprint density at radius 1 is 1.29 bits per heavy atom. The lowest BCUT2D eigenvalue weighted by molar-refractivity contribution is -0.0182. The molecule has 1 saturated heterocycles. The average molecular weight is 291 g/mol. The maximum atomic E-state index is 6.03. The van der Waals surface area contributed by atoms with Crippen molar-refractivity contribution in [3.8, 4) is 5.75 Å². The lowest BCUT2D eigenvalue weighted by atomic mass is 9.98. The molecule has 2 heterocycles. The van der Waals surface area contributed by atoms with E-state index in [1.165, 1.54) is 5.56 Å². The molecule has 0 amide bonds. The van der Waals surface area contributed by atoms with Crippen molar-refractivity contribution in [3.05, 3.63) is 23.3 Å². The van der Waals surface area contributed by atoms with Crippen molar-refractivity contribution in [1.29, 1.82) is 0 Å². The van der Waals surface area contributed by atoms with Crippen LogP contribution in [0.3, 0.4) is 0 Å². The second-order valence-electron chi connectivity index (χ2n) is 6.72. The van der Waals surface area contributed by atoms with E-state index < -0.39 is 0 Å². The molecule has 1 fully saturated rings. The number of hydrogen-bond acceptors (Lipinski definition) is 5. The maximum absolute atomic E-state index is 6.03. The van der Waals surface area contributed by atoms with Crippen molar-refractivity contribution in [1.82, 2.24) is 9.80 Å². The summed E-state index contributed by atoms with van der Waals surface area (Å²) >= 11 is 0. The number of nitrogens with two attached hydrogens (primary N) is 1. The first-order valence-electron chi connectivity index (χ1n) is 7.51. The van der Waals surface area contributed by atoms with E-state index >= 15 is 0 Å². The van der Waals surface area contributed by atoms with E-state index in [1.54, 1.807) is 0 Å². The number of nitrogens with zero attached hydrogens (tertiary/aromatic N) is 2. The van der Waals surface area contributed by atoms with Gasteiger partial charge in [0.1, 0.15) is 5.75 Å². The zero-order valence-electron chi connectivity index (χ0n) is 13.2. The third-order valence-electron chi connectivity index (χ3n) is 4.60. The molecule has 21 heavy (non-hydrogen) atoms. The molecule has 0 aliphatic carbocycles. The van der Waals surface area contributed by atoms with Crippen LogP contribution in [0.4, 0.5) is 5.69 Å². The quantitative estimate of drug-likeness (QED) is 0.840. The molecular formula is C16H25N3O2. The van der Waals surface area contributed by atoms with Crippen molar-refractivity contribution in [2.75, 3.05) is 39.2 Å². The van der Waals surface area contributed by atoms with Gasteiger partial charge in [0.05, 0.1) is 6.61 Å². The largest absolute Gasteiger partial charge is 0.467 e. The van der Waals surface area contributed by atoms with Crippen LogP contribution in [0.5, 0.6) is 5.75 Å². The normalized spacial score (nSPS) is 22.6. The zero-order chi connectivity index (χ0) is 15.0. The highest BCUT2D eigenvalue weighted by Gasteiger charge is 2.31. The lowest BCUT2D eigenvalue weighted by Crippen LogP contribution is -2.57. The Bertz CT molecular complexity index is 530. The van der Waals surface area contributed by atoms with Gasteiger partial charge in [-0.15, -0.1) is 0 Å². The average Bonchev–Trinajstić information content (AvgIpc) is 2.42. The van der Waals surface area contributed by atoms with Gasteiger partial charge in [-0.3, -0.25) is 9.80 Å². The molecule has 5 heteroatoms. The summed E-state index contributed by atoms with van der Waals surface area (Å²) in [6, 6.07) is 3.99. The minimum Gasteiger partial charge on any atom is -0.467 e. The Labute approximate surface area is 126 Å². The van der Waals surface area contributed by atoms with Crippen LogP contribution in [0.25, 0.3) is 0 Å². The molecule has 0 radical (unpaired) electrons. The molecule has 0 bridgehead atoms. The molecule has 2 N–H and O–H groups in total. The molecule has 0 saturated carbocycles. The SMILES string of the molecule is CN1CCN(Cc2cc(N)cc3c2OCOC3)CC1(C)C. The van der Waals surface area contributed by atoms with E-state index in [4.69, 9.17) is 15.2 Å². The molecule has 0 atom stereocenters. The third kappa shape index (κ3) is 3.00. The summed E-state index contributed by atoms with van der Waals surface area (Å²) in [6.07, 6.45) is 0. The number of hydrogen-bond donors (Lipinski definition) is 1. The van der Waals surface area contributed by atoms with E-state index in [0.29, 0.717) is 13.4 Å². The molecule has 1 aromatic carbocycles. The first kappa shape index (κ1) is 14.6. The summed E-state index contributed by atoms with van der Waals surface area (Å²) in [5.41, 5.74) is 9.24. The van der Waals surface area contributed by atoms with E-state index in [9.17, 15) is 0 Å². The van der Waals surface area contributed by atoms with Gasteiger partial charge in [-0.05, 0) is 33.0 Å². The molecule has 3 rings (SSSR count). The van der Waals surface area contributed by atoms with E-state index in [-0.39, 0.29) is 5.54 Å². The third-order valence-corrected chi connectivity index (χ3v) is 4.60. The molecule has 116 valence electrons. The number of ether oxygens (including phenoxy) is 2. The Morgan fingerprint density at radius 2 is 2.10 bits per heavy atom. The second-order valence-corrected chi connectivity index (χ2v) is 6.72. The molecule has 2 aliphatic rings. The molecule has 5 nitrogen and oxygen atoms in total. The van der Waals surface area contributed by atoms with Gasteiger partial charge < -0.3 is 15.2 Å². The van der Waals surface area contributed by atoms with Gasteiger partial charge in [0, 0.05) is 48.5 Å². The summed E-state index contributed by atoms with van der Waals surface area (Å²) < 4.78 is 11.1. The van der Waals surface area contributed by atoms with E-state index in [1.807, 2.05) is 12.1 Å². The fourth-order valence-corrected chi connectivity index (χ4v) is 3.16. The fourth-order valence-electron chi connectivity index (χ4n) is 3.16. The predicted molar refractivity (Wildman–Crippen MR) is 83.1 cm³/mol. The standard InChI is InChI=1S/C16H25N3O2/c1-16(2)10-19(5-4-18(16)3)8-12-6-14(17)7-13-9-20-11-21-15(12)13/h6-7H,4-5,8-11,17H2,1-3H3. The Kier molecular flexibility index (Phi) is 3.82. The summed E-state index contributed by atoms with van der Waals surface area (Å²) in [5.74, 6) is 0.965. The number of rotatable bonds is 2. The fraction of sp³-hybridized carbons (Fsp3) is 0.625. The summed E-state index contributed by atoms with van der Waals surface area (Å²) in [6.45, 7) is 9.58. The second kappa shape index (κ2) is 5.48. The molecule has 0 spiro atoms. The molecule has 2 aliphatic heterocycles. The Hall–Kier alpha value is -1.30. The highest BCUT2D eigenvalue weighted by molar-refractivity contribution is 5.53. The van der Waals surface area contributed by atoms with E-state index in [0.717, 1.165) is 43.2 Å². The van der Waals surface area contributed by atoms with Gasteiger partial charge in [-0.25, -0.2) is 0 Å². The summed E-state index contributed by atoms with van der Waals surface area (Å²) in [5, 5.41) is 0. The number of fused-ring (bicyclic) bond motifs is 1. The van der Waals surface area contributed by atoms with Gasteiger partial charge >= 0.3 is 0 Å². The number of benzene rings is 1. The lowest BCUT2D eigenvalue weighted by Gasteiger charge is -2.45. The first-order valence-corrected chi connectivity index (χ1v) is 7.51. The van der Waals surface area contributed by atoms with Crippen LogP contribution >= 0.6 is 0 Å². The monoisotopic (exact) mass is 291 g/mol. The number of likely N-dealkylation sites (N-methyl/N-ethyl adjacent to an activating group) is 1.